The number of hydrogen-bond donors (Lipinski definition) is 0. The Morgan fingerprint density at radius 3 is 2.40 bits per heavy atom. The van der Waals surface area contributed by atoms with Crippen LogP contribution >= 0.6 is 11.6 Å². The molecule has 0 spiro atoms. The maximum atomic E-state index is 12.4. The molecule has 1 heterocycles. The Morgan fingerprint density at radius 2 is 1.85 bits per heavy atom. The number of hydrogen-bond acceptors (Lipinski definition) is 2. The van der Waals surface area contributed by atoms with Crippen LogP contribution in [0.4, 0.5) is 0 Å². The molecule has 0 radical (unpaired) electrons. The Morgan fingerprint density at radius 1 is 1.20 bits per heavy atom. The summed E-state index contributed by atoms with van der Waals surface area (Å²) in [4.78, 5) is 16.7. The van der Waals surface area contributed by atoms with Gasteiger partial charge < -0.3 is 4.90 Å². The summed E-state index contributed by atoms with van der Waals surface area (Å²) >= 11 is 5.94. The summed E-state index contributed by atoms with van der Waals surface area (Å²) in [5.74, 6) is 0.0860. The van der Waals surface area contributed by atoms with E-state index in [1.54, 1.807) is 12.1 Å². The minimum absolute atomic E-state index is 0.0860. The molecular weight excluding hydrogens is 272 g/mol. The van der Waals surface area contributed by atoms with Gasteiger partial charge in [0.25, 0.3) is 5.91 Å². The summed E-state index contributed by atoms with van der Waals surface area (Å²) < 4.78 is 0. The summed E-state index contributed by atoms with van der Waals surface area (Å²) in [6.07, 6.45) is 0. The second-order valence-electron chi connectivity index (χ2n) is 6.64. The van der Waals surface area contributed by atoms with Gasteiger partial charge in [-0.05, 0) is 23.6 Å². The molecular formula is C16H23ClN2O. The fraction of sp³-hybridized carbons (Fsp3) is 0.562. The van der Waals surface area contributed by atoms with Crippen LogP contribution in [-0.2, 0) is 0 Å². The summed E-state index contributed by atoms with van der Waals surface area (Å²) in [5, 5.41) is 0.613. The van der Waals surface area contributed by atoms with Crippen molar-refractivity contribution in [2.75, 3.05) is 32.7 Å². The number of carbonyl (C=O) groups is 1. The molecule has 0 bridgehead atoms. The van der Waals surface area contributed by atoms with E-state index in [2.05, 4.69) is 25.7 Å². The van der Waals surface area contributed by atoms with Crippen molar-refractivity contribution in [2.45, 2.75) is 20.8 Å². The van der Waals surface area contributed by atoms with Gasteiger partial charge in [0.15, 0.2) is 0 Å². The smallest absolute Gasteiger partial charge is 0.253 e. The van der Waals surface area contributed by atoms with Crippen LogP contribution in [0.3, 0.4) is 0 Å². The van der Waals surface area contributed by atoms with Crippen LogP contribution in [0.15, 0.2) is 24.3 Å². The molecule has 0 atom stereocenters. The Balaban J connectivity index is 1.92. The average molecular weight is 295 g/mol. The molecule has 4 heteroatoms. The molecule has 3 nitrogen and oxygen atoms in total. The van der Waals surface area contributed by atoms with E-state index in [9.17, 15) is 4.79 Å². The maximum absolute atomic E-state index is 12.4. The predicted octanol–water partition coefficient (Wildman–Crippen LogP) is 3.14. The molecule has 1 fully saturated rings. The standard InChI is InChI=1S/C16H23ClN2O/c1-16(2,3)12-18-7-9-19(10-8-18)15(20)13-5-4-6-14(17)11-13/h4-6,11H,7-10,12H2,1-3H3. The van der Waals surface area contributed by atoms with Crippen LogP contribution in [0.5, 0.6) is 0 Å². The van der Waals surface area contributed by atoms with Gasteiger partial charge in [-0.2, -0.15) is 0 Å². The average Bonchev–Trinajstić information content (AvgIpc) is 2.37. The van der Waals surface area contributed by atoms with Crippen molar-refractivity contribution < 1.29 is 4.79 Å². The summed E-state index contributed by atoms with van der Waals surface area (Å²) in [6.45, 7) is 11.3. The van der Waals surface area contributed by atoms with Gasteiger partial charge in [0.05, 0.1) is 0 Å². The van der Waals surface area contributed by atoms with Crippen LogP contribution in [0.25, 0.3) is 0 Å². The van der Waals surface area contributed by atoms with Gasteiger partial charge in [-0.1, -0.05) is 38.4 Å². The molecule has 1 aromatic carbocycles. The highest BCUT2D eigenvalue weighted by atomic mass is 35.5. The van der Waals surface area contributed by atoms with Crippen LogP contribution in [-0.4, -0.2) is 48.4 Å². The van der Waals surface area contributed by atoms with Crippen molar-refractivity contribution in [1.82, 2.24) is 9.80 Å². The molecule has 20 heavy (non-hydrogen) atoms. The van der Waals surface area contributed by atoms with Crippen molar-refractivity contribution in [3.8, 4) is 0 Å². The fourth-order valence-electron chi connectivity index (χ4n) is 2.58. The minimum atomic E-state index is 0.0860. The molecule has 1 aromatic rings. The summed E-state index contributed by atoms with van der Waals surface area (Å²) in [5.41, 5.74) is 0.987. The molecule has 110 valence electrons. The van der Waals surface area contributed by atoms with E-state index in [0.29, 0.717) is 16.0 Å². The third kappa shape index (κ3) is 4.22. The zero-order valence-corrected chi connectivity index (χ0v) is 13.3. The van der Waals surface area contributed by atoms with Gasteiger partial charge in [-0.3, -0.25) is 9.69 Å². The van der Waals surface area contributed by atoms with Crippen LogP contribution in [0.1, 0.15) is 31.1 Å². The number of piperazine rings is 1. The number of amides is 1. The monoisotopic (exact) mass is 294 g/mol. The first-order chi connectivity index (χ1) is 9.35. The highest BCUT2D eigenvalue weighted by molar-refractivity contribution is 6.30. The topological polar surface area (TPSA) is 23.6 Å². The third-order valence-corrected chi connectivity index (χ3v) is 3.66. The lowest BCUT2D eigenvalue weighted by molar-refractivity contribution is 0.0592. The van der Waals surface area contributed by atoms with E-state index in [-0.39, 0.29) is 5.91 Å². The van der Waals surface area contributed by atoms with Gasteiger partial charge in [0, 0.05) is 43.3 Å². The molecule has 0 saturated carbocycles. The van der Waals surface area contributed by atoms with Crippen molar-refractivity contribution in [1.29, 1.82) is 0 Å². The first-order valence-corrected chi connectivity index (χ1v) is 7.50. The Hall–Kier alpha value is -1.06. The van der Waals surface area contributed by atoms with E-state index < -0.39 is 0 Å². The number of carbonyl (C=O) groups excluding carboxylic acids is 1. The van der Waals surface area contributed by atoms with Gasteiger partial charge in [0.1, 0.15) is 0 Å². The maximum Gasteiger partial charge on any atom is 0.253 e. The number of benzene rings is 1. The lowest BCUT2D eigenvalue weighted by Crippen LogP contribution is -2.50. The SMILES string of the molecule is CC(C)(C)CN1CCN(C(=O)c2cccc(Cl)c2)CC1. The zero-order valence-electron chi connectivity index (χ0n) is 12.5. The molecule has 0 aliphatic carbocycles. The minimum Gasteiger partial charge on any atom is -0.336 e. The highest BCUT2D eigenvalue weighted by Crippen LogP contribution is 2.18. The highest BCUT2D eigenvalue weighted by Gasteiger charge is 2.24. The largest absolute Gasteiger partial charge is 0.336 e. The van der Waals surface area contributed by atoms with E-state index in [4.69, 9.17) is 11.6 Å². The molecule has 1 amide bonds. The van der Waals surface area contributed by atoms with E-state index >= 15 is 0 Å². The Bertz CT molecular complexity index is 474. The van der Waals surface area contributed by atoms with E-state index in [1.165, 1.54) is 0 Å². The predicted molar refractivity (Wildman–Crippen MR) is 83.3 cm³/mol. The van der Waals surface area contributed by atoms with E-state index in [1.807, 2.05) is 17.0 Å². The first-order valence-electron chi connectivity index (χ1n) is 7.12. The first kappa shape index (κ1) is 15.3. The van der Waals surface area contributed by atoms with Crippen molar-refractivity contribution >= 4 is 17.5 Å². The second kappa shape index (κ2) is 6.15. The number of nitrogens with zero attached hydrogens (tertiary/aromatic N) is 2. The lowest BCUT2D eigenvalue weighted by atomic mass is 9.96. The summed E-state index contributed by atoms with van der Waals surface area (Å²) in [7, 11) is 0. The second-order valence-corrected chi connectivity index (χ2v) is 7.08. The molecule has 1 aliphatic rings. The van der Waals surface area contributed by atoms with Gasteiger partial charge in [-0.25, -0.2) is 0 Å². The molecule has 2 rings (SSSR count). The van der Waals surface area contributed by atoms with Gasteiger partial charge in [0.2, 0.25) is 0 Å². The normalized spacial score (nSPS) is 17.3. The van der Waals surface area contributed by atoms with Crippen molar-refractivity contribution in [3.05, 3.63) is 34.9 Å². The molecule has 0 unspecified atom stereocenters. The Kier molecular flexibility index (Phi) is 4.71. The number of halogens is 1. The molecule has 0 aromatic heterocycles. The number of rotatable bonds is 2. The van der Waals surface area contributed by atoms with Crippen molar-refractivity contribution in [2.24, 2.45) is 5.41 Å². The summed E-state index contributed by atoms with van der Waals surface area (Å²) in [6, 6.07) is 7.19. The van der Waals surface area contributed by atoms with E-state index in [0.717, 1.165) is 32.7 Å². The fourth-order valence-corrected chi connectivity index (χ4v) is 2.77. The van der Waals surface area contributed by atoms with Crippen LogP contribution in [0.2, 0.25) is 5.02 Å². The van der Waals surface area contributed by atoms with Crippen LogP contribution in [0, 0.1) is 5.41 Å². The van der Waals surface area contributed by atoms with Gasteiger partial charge >= 0.3 is 0 Å². The van der Waals surface area contributed by atoms with Crippen LogP contribution < -0.4 is 0 Å². The molecule has 1 saturated heterocycles. The molecule has 1 aliphatic heterocycles. The van der Waals surface area contributed by atoms with Crippen molar-refractivity contribution in [3.63, 3.8) is 0 Å². The lowest BCUT2D eigenvalue weighted by Gasteiger charge is -2.37. The third-order valence-electron chi connectivity index (χ3n) is 3.43. The zero-order chi connectivity index (χ0) is 14.8. The quantitative estimate of drug-likeness (QED) is 0.836. The Labute approximate surface area is 126 Å². The molecule has 0 N–H and O–H groups in total. The van der Waals surface area contributed by atoms with Gasteiger partial charge in [-0.15, -0.1) is 0 Å².